The molecular formula is C24H30N4O3. The number of aromatic nitrogens is 2. The highest BCUT2D eigenvalue weighted by Crippen LogP contribution is 2.22. The van der Waals surface area contributed by atoms with Gasteiger partial charge in [0.2, 0.25) is 0 Å². The predicted molar refractivity (Wildman–Crippen MR) is 118 cm³/mol. The maximum atomic E-state index is 13.1. The molecule has 1 fully saturated rings. The fourth-order valence-electron chi connectivity index (χ4n) is 4.43. The second-order valence-corrected chi connectivity index (χ2v) is 8.06. The summed E-state index contributed by atoms with van der Waals surface area (Å²) in [6.45, 7) is 5.03. The number of rotatable bonds is 6. The number of hydrogen-bond acceptors (Lipinski definition) is 6. The van der Waals surface area contributed by atoms with Crippen molar-refractivity contribution in [2.24, 2.45) is 0 Å². The highest BCUT2D eigenvalue weighted by atomic mass is 16.7. The maximum absolute atomic E-state index is 13.1. The van der Waals surface area contributed by atoms with Crippen LogP contribution in [0, 0.1) is 11.3 Å². The first kappa shape index (κ1) is 21.5. The highest BCUT2D eigenvalue weighted by molar-refractivity contribution is 5.54. The molecule has 164 valence electrons. The van der Waals surface area contributed by atoms with Gasteiger partial charge in [-0.15, -0.1) is 0 Å². The third kappa shape index (κ3) is 4.81. The third-order valence-corrected chi connectivity index (χ3v) is 6.14. The number of fused-ring (bicyclic) bond motifs is 1. The van der Waals surface area contributed by atoms with Gasteiger partial charge in [0.1, 0.15) is 11.9 Å². The number of anilines is 1. The number of nitrogens with zero attached hydrogens (tertiary/aromatic N) is 4. The van der Waals surface area contributed by atoms with E-state index in [0.717, 1.165) is 51.8 Å². The van der Waals surface area contributed by atoms with Crippen LogP contribution in [0.25, 0.3) is 0 Å². The van der Waals surface area contributed by atoms with Crippen LogP contribution in [0.1, 0.15) is 48.7 Å². The molecule has 0 spiro atoms. The van der Waals surface area contributed by atoms with E-state index in [2.05, 4.69) is 35.2 Å². The average molecular weight is 423 g/mol. The topological polar surface area (TPSA) is 80.4 Å². The van der Waals surface area contributed by atoms with Crippen molar-refractivity contribution in [2.45, 2.75) is 58.3 Å². The van der Waals surface area contributed by atoms with Crippen LogP contribution in [0.15, 0.2) is 29.1 Å². The van der Waals surface area contributed by atoms with Crippen molar-refractivity contribution in [3.63, 3.8) is 0 Å². The number of ether oxygens (including phenoxy) is 2. The van der Waals surface area contributed by atoms with Crippen molar-refractivity contribution in [1.82, 2.24) is 9.55 Å². The number of benzene rings is 1. The lowest BCUT2D eigenvalue weighted by atomic mass is 10.0. The molecule has 3 heterocycles. The molecule has 2 aromatic rings. The first-order valence-electron chi connectivity index (χ1n) is 11.3. The Labute approximate surface area is 183 Å². The molecular weight excluding hydrogens is 392 g/mol. The minimum Gasteiger partial charge on any atom is -0.355 e. The van der Waals surface area contributed by atoms with Gasteiger partial charge in [0.25, 0.3) is 5.56 Å². The normalized spacial score (nSPS) is 18.8. The van der Waals surface area contributed by atoms with Crippen molar-refractivity contribution in [3.8, 4) is 6.07 Å². The summed E-state index contributed by atoms with van der Waals surface area (Å²) in [5.74, 6) is 1.17. The summed E-state index contributed by atoms with van der Waals surface area (Å²) in [7, 11) is 0. The SMILES string of the molecule is CCn1c(CCOC2CCCCO2)nc(N2CCc3ccccc3CC2)c(C#N)c1=O. The van der Waals surface area contributed by atoms with E-state index in [9.17, 15) is 10.1 Å². The van der Waals surface area contributed by atoms with Gasteiger partial charge in [0, 0.05) is 32.7 Å². The van der Waals surface area contributed by atoms with E-state index < -0.39 is 0 Å². The van der Waals surface area contributed by atoms with Crippen LogP contribution in [0.3, 0.4) is 0 Å². The summed E-state index contributed by atoms with van der Waals surface area (Å²) in [6.07, 6.45) is 5.18. The van der Waals surface area contributed by atoms with Gasteiger partial charge < -0.3 is 14.4 Å². The number of nitriles is 1. The van der Waals surface area contributed by atoms with Crippen LogP contribution >= 0.6 is 0 Å². The van der Waals surface area contributed by atoms with Gasteiger partial charge in [-0.1, -0.05) is 24.3 Å². The molecule has 4 rings (SSSR count). The van der Waals surface area contributed by atoms with Crippen LogP contribution in [0.2, 0.25) is 0 Å². The molecule has 0 radical (unpaired) electrons. The van der Waals surface area contributed by atoms with E-state index in [1.54, 1.807) is 4.57 Å². The van der Waals surface area contributed by atoms with Gasteiger partial charge in [-0.2, -0.15) is 5.26 Å². The molecule has 2 aliphatic rings. The Kier molecular flexibility index (Phi) is 7.00. The summed E-state index contributed by atoms with van der Waals surface area (Å²) in [5, 5.41) is 9.76. The Morgan fingerprint density at radius 1 is 1.23 bits per heavy atom. The largest absolute Gasteiger partial charge is 0.355 e. The van der Waals surface area contributed by atoms with E-state index in [1.807, 2.05) is 6.92 Å². The molecule has 0 amide bonds. The Balaban J connectivity index is 1.57. The van der Waals surface area contributed by atoms with E-state index >= 15 is 0 Å². The third-order valence-electron chi connectivity index (χ3n) is 6.14. The van der Waals surface area contributed by atoms with Gasteiger partial charge in [-0.25, -0.2) is 4.98 Å². The van der Waals surface area contributed by atoms with Crippen molar-refractivity contribution in [3.05, 3.63) is 57.1 Å². The standard InChI is InChI=1S/C24H30N4O3/c1-2-28-21(12-16-31-22-9-5-6-15-30-22)26-23(20(17-25)24(28)29)27-13-10-18-7-3-4-8-19(18)11-14-27/h3-4,7-8,22H,2,5-6,9-16H2,1H3. The predicted octanol–water partition coefficient (Wildman–Crippen LogP) is 2.83. The molecule has 1 saturated heterocycles. The first-order chi connectivity index (χ1) is 15.2. The van der Waals surface area contributed by atoms with Crippen molar-refractivity contribution in [2.75, 3.05) is 31.2 Å². The maximum Gasteiger partial charge on any atom is 0.273 e. The van der Waals surface area contributed by atoms with Crippen molar-refractivity contribution in [1.29, 1.82) is 5.26 Å². The van der Waals surface area contributed by atoms with Crippen molar-refractivity contribution < 1.29 is 9.47 Å². The van der Waals surface area contributed by atoms with E-state index in [4.69, 9.17) is 14.5 Å². The second kappa shape index (κ2) is 10.1. The lowest BCUT2D eigenvalue weighted by molar-refractivity contribution is -0.161. The monoisotopic (exact) mass is 422 g/mol. The smallest absolute Gasteiger partial charge is 0.273 e. The van der Waals surface area contributed by atoms with Gasteiger partial charge in [-0.05, 0) is 50.2 Å². The lowest BCUT2D eigenvalue weighted by Crippen LogP contribution is -2.35. The fraction of sp³-hybridized carbons (Fsp3) is 0.542. The van der Waals surface area contributed by atoms with Gasteiger partial charge in [0.15, 0.2) is 17.7 Å². The molecule has 0 bridgehead atoms. The summed E-state index contributed by atoms with van der Waals surface area (Å²) < 4.78 is 13.1. The van der Waals surface area contributed by atoms with E-state index in [1.165, 1.54) is 11.1 Å². The second-order valence-electron chi connectivity index (χ2n) is 8.06. The zero-order valence-corrected chi connectivity index (χ0v) is 18.2. The summed E-state index contributed by atoms with van der Waals surface area (Å²) in [5.41, 5.74) is 2.52. The lowest BCUT2D eigenvalue weighted by Gasteiger charge is -2.25. The Hall–Kier alpha value is -2.69. The molecule has 0 saturated carbocycles. The minimum atomic E-state index is -0.263. The Morgan fingerprint density at radius 3 is 2.58 bits per heavy atom. The molecule has 1 atom stereocenters. The van der Waals surface area contributed by atoms with E-state index in [0.29, 0.717) is 31.2 Å². The summed E-state index contributed by atoms with van der Waals surface area (Å²) in [4.78, 5) is 20.0. The van der Waals surface area contributed by atoms with Gasteiger partial charge in [-0.3, -0.25) is 9.36 Å². The Morgan fingerprint density at radius 2 is 1.97 bits per heavy atom. The molecule has 1 unspecified atom stereocenters. The summed E-state index contributed by atoms with van der Waals surface area (Å²) in [6, 6.07) is 10.6. The van der Waals surface area contributed by atoms with Crippen LogP contribution in [0.5, 0.6) is 0 Å². The zero-order valence-electron chi connectivity index (χ0n) is 18.2. The molecule has 1 aromatic heterocycles. The number of hydrogen-bond donors (Lipinski definition) is 0. The molecule has 0 aliphatic carbocycles. The molecule has 2 aliphatic heterocycles. The molecule has 7 heteroatoms. The minimum absolute atomic E-state index is 0.132. The average Bonchev–Trinajstić information content (AvgIpc) is 3.02. The van der Waals surface area contributed by atoms with Crippen LogP contribution in [0.4, 0.5) is 5.82 Å². The molecule has 31 heavy (non-hydrogen) atoms. The molecule has 0 N–H and O–H groups in total. The molecule has 1 aromatic carbocycles. The summed E-state index contributed by atoms with van der Waals surface area (Å²) >= 11 is 0. The zero-order chi connectivity index (χ0) is 21.6. The highest BCUT2D eigenvalue weighted by Gasteiger charge is 2.23. The van der Waals surface area contributed by atoms with Crippen LogP contribution < -0.4 is 10.5 Å². The quantitative estimate of drug-likeness (QED) is 0.712. The van der Waals surface area contributed by atoms with Crippen molar-refractivity contribution >= 4 is 5.82 Å². The first-order valence-corrected chi connectivity index (χ1v) is 11.3. The van der Waals surface area contributed by atoms with Gasteiger partial charge >= 0.3 is 0 Å². The van der Waals surface area contributed by atoms with E-state index in [-0.39, 0.29) is 17.4 Å². The Bertz CT molecular complexity index is 978. The molecule has 7 nitrogen and oxygen atoms in total. The van der Waals surface area contributed by atoms with Gasteiger partial charge in [0.05, 0.1) is 6.61 Å². The fourth-order valence-corrected chi connectivity index (χ4v) is 4.43. The van der Waals surface area contributed by atoms with Crippen LogP contribution in [-0.2, 0) is 35.3 Å². The van der Waals surface area contributed by atoms with Crippen LogP contribution in [-0.4, -0.2) is 42.1 Å².